The summed E-state index contributed by atoms with van der Waals surface area (Å²) in [6.07, 6.45) is 0.665. The largest absolute Gasteiger partial charge is 0.461 e. The summed E-state index contributed by atoms with van der Waals surface area (Å²) < 4.78 is 2.51. The summed E-state index contributed by atoms with van der Waals surface area (Å²) in [4.78, 5) is 21.3. The average molecular weight is 248 g/mol. The topological polar surface area (TPSA) is 43.4 Å². The number of alkyl halides is 3. The van der Waals surface area contributed by atoms with Gasteiger partial charge < -0.3 is 9.53 Å². The Hall–Kier alpha value is 0.01000. The van der Waals surface area contributed by atoms with Crippen LogP contribution >= 0.6 is 34.8 Å². The van der Waals surface area contributed by atoms with Gasteiger partial charge >= 0.3 is 5.97 Å². The van der Waals surface area contributed by atoms with E-state index in [4.69, 9.17) is 34.8 Å². The normalized spacial score (nSPS) is 12.4. The predicted molar refractivity (Wildman–Crippen MR) is 51.1 cm³/mol. The number of hydrogen-bond acceptors (Lipinski definition) is 3. The van der Waals surface area contributed by atoms with Crippen LogP contribution in [0, 0.1) is 5.41 Å². The van der Waals surface area contributed by atoms with Crippen LogP contribution in [0.4, 0.5) is 0 Å². The van der Waals surface area contributed by atoms with Gasteiger partial charge in [-0.05, 0) is 13.8 Å². The van der Waals surface area contributed by atoms with Gasteiger partial charge in [-0.2, -0.15) is 0 Å². The van der Waals surface area contributed by atoms with Gasteiger partial charge in [-0.15, -0.1) is 0 Å². The second kappa shape index (κ2) is 4.49. The molecule has 0 heterocycles. The standard InChI is InChI=1S/C7H9Cl3O3/c1-6(2,3-11)4-13-5(12)7(8,9)10/h3H,4H2,1-2H3. The van der Waals surface area contributed by atoms with Crippen molar-refractivity contribution in [3.8, 4) is 0 Å². The smallest absolute Gasteiger partial charge is 0.358 e. The molecular formula is C7H9Cl3O3. The predicted octanol–water partition coefficient (Wildman–Crippen LogP) is 2.12. The van der Waals surface area contributed by atoms with Crippen molar-refractivity contribution in [3.63, 3.8) is 0 Å². The Morgan fingerprint density at radius 1 is 1.38 bits per heavy atom. The van der Waals surface area contributed by atoms with E-state index in [1.165, 1.54) is 0 Å². The molecule has 0 amide bonds. The van der Waals surface area contributed by atoms with Gasteiger partial charge in [0, 0.05) is 0 Å². The van der Waals surface area contributed by atoms with Gasteiger partial charge in [-0.1, -0.05) is 34.8 Å². The fraction of sp³-hybridized carbons (Fsp3) is 0.714. The van der Waals surface area contributed by atoms with E-state index in [9.17, 15) is 9.59 Å². The Kier molecular flexibility index (Phi) is 4.49. The monoisotopic (exact) mass is 246 g/mol. The van der Waals surface area contributed by atoms with Gasteiger partial charge in [0.2, 0.25) is 0 Å². The van der Waals surface area contributed by atoms with Gasteiger partial charge in [-0.25, -0.2) is 4.79 Å². The Labute approximate surface area is 91.3 Å². The fourth-order valence-electron chi connectivity index (χ4n) is 0.367. The SMILES string of the molecule is CC(C)(C=O)COC(=O)C(Cl)(Cl)Cl. The summed E-state index contributed by atoms with van der Waals surface area (Å²) in [5.41, 5.74) is -0.758. The highest BCUT2D eigenvalue weighted by Gasteiger charge is 2.34. The van der Waals surface area contributed by atoms with Crippen molar-refractivity contribution in [2.75, 3.05) is 6.61 Å². The van der Waals surface area contributed by atoms with E-state index < -0.39 is 15.2 Å². The number of rotatable bonds is 3. The molecule has 0 fully saturated rings. The Balaban J connectivity index is 4.05. The van der Waals surface area contributed by atoms with Crippen LogP contribution in [0.3, 0.4) is 0 Å². The number of carbonyl (C=O) groups excluding carboxylic acids is 2. The summed E-state index contributed by atoms with van der Waals surface area (Å²) in [6.45, 7) is 3.10. The number of halogens is 3. The van der Waals surface area contributed by atoms with Crippen molar-refractivity contribution >= 4 is 47.1 Å². The first-order chi connectivity index (χ1) is 5.69. The second-order valence-electron chi connectivity index (χ2n) is 3.18. The zero-order valence-electron chi connectivity index (χ0n) is 7.14. The molecule has 0 saturated heterocycles. The highest BCUT2D eigenvalue weighted by Crippen LogP contribution is 2.28. The minimum Gasteiger partial charge on any atom is -0.461 e. The van der Waals surface area contributed by atoms with Gasteiger partial charge in [0.25, 0.3) is 3.79 Å². The Morgan fingerprint density at radius 2 is 1.85 bits per heavy atom. The van der Waals surface area contributed by atoms with Crippen molar-refractivity contribution < 1.29 is 14.3 Å². The van der Waals surface area contributed by atoms with Crippen LogP contribution in [-0.2, 0) is 14.3 Å². The number of esters is 1. The molecule has 0 atom stereocenters. The molecule has 0 spiro atoms. The lowest BCUT2D eigenvalue weighted by Crippen LogP contribution is -2.28. The molecule has 0 aliphatic rings. The van der Waals surface area contributed by atoms with E-state index in [0.29, 0.717) is 6.29 Å². The third kappa shape index (κ3) is 5.34. The molecule has 3 nitrogen and oxygen atoms in total. The maximum absolute atomic E-state index is 10.9. The molecule has 0 saturated carbocycles. The van der Waals surface area contributed by atoms with Crippen LogP contribution in [0.2, 0.25) is 0 Å². The minimum absolute atomic E-state index is 0.108. The number of ether oxygens (including phenoxy) is 1. The number of carbonyl (C=O) groups is 2. The van der Waals surface area contributed by atoms with E-state index in [0.717, 1.165) is 0 Å². The summed E-state index contributed by atoms with van der Waals surface area (Å²) in [6, 6.07) is 0. The molecule has 0 unspecified atom stereocenters. The van der Waals surface area contributed by atoms with Crippen molar-refractivity contribution in [2.24, 2.45) is 5.41 Å². The average Bonchev–Trinajstić information content (AvgIpc) is 1.98. The first-order valence-electron chi connectivity index (χ1n) is 3.39. The lowest BCUT2D eigenvalue weighted by atomic mass is 9.98. The summed E-state index contributed by atoms with van der Waals surface area (Å²) in [5.74, 6) is -0.979. The van der Waals surface area contributed by atoms with Crippen molar-refractivity contribution in [1.29, 1.82) is 0 Å². The van der Waals surface area contributed by atoms with Gasteiger partial charge in [0.15, 0.2) is 0 Å². The molecule has 0 aromatic rings. The van der Waals surface area contributed by atoms with Crippen molar-refractivity contribution in [2.45, 2.75) is 17.6 Å². The van der Waals surface area contributed by atoms with Crippen LogP contribution in [0.25, 0.3) is 0 Å². The molecule has 0 aliphatic heterocycles. The highest BCUT2D eigenvalue weighted by molar-refractivity contribution is 6.75. The summed E-state index contributed by atoms with van der Waals surface area (Å²) in [7, 11) is 0. The number of hydrogen-bond donors (Lipinski definition) is 0. The Morgan fingerprint density at radius 3 is 2.15 bits per heavy atom. The van der Waals surface area contributed by atoms with Gasteiger partial charge in [0.1, 0.15) is 12.9 Å². The quantitative estimate of drug-likeness (QED) is 0.436. The van der Waals surface area contributed by atoms with Crippen LogP contribution in [0.1, 0.15) is 13.8 Å². The minimum atomic E-state index is -2.08. The van der Waals surface area contributed by atoms with E-state index >= 15 is 0 Å². The molecule has 0 radical (unpaired) electrons. The Bertz CT molecular complexity index is 208. The van der Waals surface area contributed by atoms with Crippen LogP contribution in [-0.4, -0.2) is 22.7 Å². The van der Waals surface area contributed by atoms with Crippen molar-refractivity contribution in [3.05, 3.63) is 0 Å². The molecular weight excluding hydrogens is 238 g/mol. The van der Waals surface area contributed by atoms with Gasteiger partial charge in [0.05, 0.1) is 5.41 Å². The summed E-state index contributed by atoms with van der Waals surface area (Å²) in [5, 5.41) is 0. The number of aldehydes is 1. The van der Waals surface area contributed by atoms with E-state index in [-0.39, 0.29) is 6.61 Å². The zero-order chi connectivity index (χ0) is 10.7. The first-order valence-corrected chi connectivity index (χ1v) is 4.53. The summed E-state index contributed by atoms with van der Waals surface area (Å²) >= 11 is 15.7. The molecule has 13 heavy (non-hydrogen) atoms. The van der Waals surface area contributed by atoms with Crippen LogP contribution in [0.15, 0.2) is 0 Å². The zero-order valence-corrected chi connectivity index (χ0v) is 9.41. The molecule has 76 valence electrons. The molecule has 0 aromatic heterocycles. The molecule has 0 N–H and O–H groups in total. The van der Waals surface area contributed by atoms with Gasteiger partial charge in [-0.3, -0.25) is 0 Å². The molecule has 6 heteroatoms. The van der Waals surface area contributed by atoms with E-state index in [1.807, 2.05) is 0 Å². The van der Waals surface area contributed by atoms with Crippen LogP contribution < -0.4 is 0 Å². The van der Waals surface area contributed by atoms with E-state index in [1.54, 1.807) is 13.8 Å². The molecule has 0 aliphatic carbocycles. The fourth-order valence-corrected chi connectivity index (χ4v) is 0.531. The highest BCUT2D eigenvalue weighted by atomic mass is 35.6. The third-order valence-corrected chi connectivity index (χ3v) is 1.59. The van der Waals surface area contributed by atoms with E-state index in [2.05, 4.69) is 4.74 Å². The maximum Gasteiger partial charge on any atom is 0.358 e. The molecule has 0 bridgehead atoms. The third-order valence-electron chi connectivity index (χ3n) is 1.13. The lowest BCUT2D eigenvalue weighted by Gasteiger charge is -2.18. The second-order valence-corrected chi connectivity index (χ2v) is 5.46. The van der Waals surface area contributed by atoms with Crippen LogP contribution in [0.5, 0.6) is 0 Å². The lowest BCUT2D eigenvalue weighted by molar-refractivity contribution is -0.146. The molecule has 0 rings (SSSR count). The molecule has 0 aromatic carbocycles. The van der Waals surface area contributed by atoms with Crippen molar-refractivity contribution in [1.82, 2.24) is 0 Å². The first kappa shape index (κ1) is 13.0. The maximum atomic E-state index is 10.9.